The lowest BCUT2D eigenvalue weighted by Gasteiger charge is -2.08. The number of nitrogens with one attached hydrogen (secondary N) is 1. The third kappa shape index (κ3) is 4.63. The summed E-state index contributed by atoms with van der Waals surface area (Å²) >= 11 is 5.84. The number of nitrogens with zero attached hydrogens (tertiary/aromatic N) is 4. The number of anilines is 1. The molecule has 2 aromatic heterocycles. The Hall–Kier alpha value is -3.74. The highest BCUT2D eigenvalue weighted by atomic mass is 35.5. The number of methoxy groups -OCH3 is 1. The summed E-state index contributed by atoms with van der Waals surface area (Å²) in [6, 6.07) is 11.6. The average Bonchev–Trinajstić information content (AvgIpc) is 3.17. The Morgan fingerprint density at radius 2 is 2.20 bits per heavy atom. The van der Waals surface area contributed by atoms with Gasteiger partial charge in [-0.3, -0.25) is 15.5 Å². The molecule has 0 aliphatic rings. The van der Waals surface area contributed by atoms with Crippen LogP contribution in [0.5, 0.6) is 0 Å². The maximum atomic E-state index is 11.1. The molecule has 0 unspecified atom stereocenters. The summed E-state index contributed by atoms with van der Waals surface area (Å²) in [7, 11) is 1.55. The van der Waals surface area contributed by atoms with Gasteiger partial charge in [0.25, 0.3) is 5.69 Å². The van der Waals surface area contributed by atoms with Gasteiger partial charge in [-0.2, -0.15) is 10.4 Å². The second kappa shape index (κ2) is 9.17. The number of nitriles is 1. The topological polar surface area (TPSA) is 127 Å². The number of furan rings is 1. The zero-order valence-electron chi connectivity index (χ0n) is 16.0. The molecule has 0 atom stereocenters. The lowest BCUT2D eigenvalue weighted by Crippen LogP contribution is -2.03. The molecule has 152 valence electrons. The number of rotatable bonds is 7. The minimum Gasteiger partial charge on any atom is -0.455 e. The van der Waals surface area contributed by atoms with Crippen LogP contribution in [0.2, 0.25) is 5.02 Å². The minimum absolute atomic E-state index is 0.0492. The molecule has 9 nitrogen and oxygen atoms in total. The van der Waals surface area contributed by atoms with Gasteiger partial charge < -0.3 is 9.15 Å². The van der Waals surface area contributed by atoms with Crippen molar-refractivity contribution in [3.8, 4) is 17.4 Å². The molecular weight excluding hydrogens is 410 g/mol. The number of halogens is 1. The van der Waals surface area contributed by atoms with Crippen LogP contribution in [0.4, 0.5) is 11.5 Å². The van der Waals surface area contributed by atoms with E-state index in [9.17, 15) is 15.4 Å². The van der Waals surface area contributed by atoms with Crippen LogP contribution in [0, 0.1) is 28.4 Å². The zero-order valence-corrected chi connectivity index (χ0v) is 16.8. The van der Waals surface area contributed by atoms with Gasteiger partial charge in [-0.05, 0) is 37.3 Å². The fraction of sp³-hybridized carbons (Fsp3) is 0.150. The largest absolute Gasteiger partial charge is 0.455 e. The van der Waals surface area contributed by atoms with E-state index < -0.39 is 4.92 Å². The van der Waals surface area contributed by atoms with E-state index in [0.29, 0.717) is 39.7 Å². The van der Waals surface area contributed by atoms with Gasteiger partial charge in [0.2, 0.25) is 0 Å². The van der Waals surface area contributed by atoms with Gasteiger partial charge in [0, 0.05) is 30.0 Å². The predicted molar refractivity (Wildman–Crippen MR) is 111 cm³/mol. The first-order valence-corrected chi connectivity index (χ1v) is 9.03. The number of nitro groups is 1. The molecule has 0 amide bonds. The monoisotopic (exact) mass is 425 g/mol. The highest BCUT2D eigenvalue weighted by Crippen LogP contribution is 2.31. The van der Waals surface area contributed by atoms with Crippen LogP contribution in [0.1, 0.15) is 22.6 Å². The first-order chi connectivity index (χ1) is 14.4. The number of ether oxygens (including phenoxy) is 1. The first kappa shape index (κ1) is 21.0. The van der Waals surface area contributed by atoms with Crippen molar-refractivity contribution in [1.82, 2.24) is 4.98 Å². The molecule has 10 heteroatoms. The van der Waals surface area contributed by atoms with Crippen molar-refractivity contribution in [2.45, 2.75) is 13.5 Å². The number of aromatic nitrogens is 1. The SMILES string of the molecule is COCc1cc(C)nc(N/N=C\c2ccc(-c3ccc(Cl)c([N+](=O)[O-])c3)o2)c1C#N. The van der Waals surface area contributed by atoms with Crippen molar-refractivity contribution in [2.75, 3.05) is 12.5 Å². The molecule has 2 heterocycles. The van der Waals surface area contributed by atoms with Crippen molar-refractivity contribution in [2.24, 2.45) is 5.10 Å². The summed E-state index contributed by atoms with van der Waals surface area (Å²) in [5.74, 6) is 1.13. The number of benzene rings is 1. The average molecular weight is 426 g/mol. The van der Waals surface area contributed by atoms with E-state index in [2.05, 4.69) is 21.6 Å². The smallest absolute Gasteiger partial charge is 0.288 e. The summed E-state index contributed by atoms with van der Waals surface area (Å²) in [6.07, 6.45) is 1.41. The van der Waals surface area contributed by atoms with E-state index in [1.54, 1.807) is 38.3 Å². The third-order valence-corrected chi connectivity index (χ3v) is 4.38. The van der Waals surface area contributed by atoms with Crippen molar-refractivity contribution in [1.29, 1.82) is 5.26 Å². The first-order valence-electron chi connectivity index (χ1n) is 8.65. The van der Waals surface area contributed by atoms with E-state index in [0.717, 1.165) is 0 Å². The van der Waals surface area contributed by atoms with Gasteiger partial charge in [0.05, 0.1) is 17.7 Å². The second-order valence-corrected chi connectivity index (χ2v) is 6.59. The molecule has 1 aromatic carbocycles. The standard InChI is InChI=1S/C20H16ClN5O4/c1-12-7-14(11-29-2)16(9-22)20(24-12)25-23-10-15-4-6-19(30-15)13-3-5-17(21)18(8-13)26(27)28/h3-8,10H,11H2,1-2H3,(H,24,25)/b23-10-. The molecule has 0 saturated heterocycles. The van der Waals surface area contributed by atoms with Gasteiger partial charge in [0.15, 0.2) is 5.82 Å². The molecule has 0 saturated carbocycles. The van der Waals surface area contributed by atoms with Gasteiger partial charge >= 0.3 is 0 Å². The second-order valence-electron chi connectivity index (χ2n) is 6.19. The molecule has 0 aliphatic heterocycles. The number of hydrogen-bond donors (Lipinski definition) is 1. The minimum atomic E-state index is -0.555. The van der Waals surface area contributed by atoms with Crippen molar-refractivity contribution in [3.63, 3.8) is 0 Å². The van der Waals surface area contributed by atoms with Gasteiger partial charge in [-0.1, -0.05) is 11.6 Å². The van der Waals surface area contributed by atoms with Crippen molar-refractivity contribution >= 4 is 29.3 Å². The summed E-state index contributed by atoms with van der Waals surface area (Å²) in [5, 5.41) is 24.6. The molecule has 1 N–H and O–H groups in total. The maximum absolute atomic E-state index is 11.1. The fourth-order valence-electron chi connectivity index (χ4n) is 2.76. The summed E-state index contributed by atoms with van der Waals surface area (Å²) < 4.78 is 10.8. The van der Waals surface area contributed by atoms with Crippen molar-refractivity contribution < 1.29 is 14.1 Å². The Morgan fingerprint density at radius 3 is 2.90 bits per heavy atom. The number of hydrogen-bond acceptors (Lipinski definition) is 8. The Morgan fingerprint density at radius 1 is 1.40 bits per heavy atom. The molecule has 0 spiro atoms. The Kier molecular flexibility index (Phi) is 6.41. The predicted octanol–water partition coefficient (Wildman–Crippen LogP) is 4.68. The molecule has 3 aromatic rings. The number of hydrazone groups is 1. The van der Waals surface area contributed by atoms with Crippen LogP contribution in [0.15, 0.2) is 45.9 Å². The lowest BCUT2D eigenvalue weighted by molar-refractivity contribution is -0.384. The van der Waals surface area contributed by atoms with Crippen molar-refractivity contribution in [3.05, 3.63) is 74.1 Å². The summed E-state index contributed by atoms with van der Waals surface area (Å²) in [5.41, 5.74) is 4.81. The number of nitro benzene ring substituents is 1. The van der Waals surface area contributed by atoms with Gasteiger partial charge in [-0.25, -0.2) is 4.98 Å². The van der Waals surface area contributed by atoms with E-state index in [4.69, 9.17) is 20.8 Å². The molecule has 3 rings (SSSR count). The summed E-state index contributed by atoms with van der Waals surface area (Å²) in [4.78, 5) is 14.8. The third-order valence-electron chi connectivity index (χ3n) is 4.06. The zero-order chi connectivity index (χ0) is 21.7. The van der Waals surface area contributed by atoms with Crippen LogP contribution in [-0.2, 0) is 11.3 Å². The molecule has 0 bridgehead atoms. The lowest BCUT2D eigenvalue weighted by atomic mass is 10.1. The Balaban J connectivity index is 1.80. The van der Waals surface area contributed by atoms with Crippen LogP contribution in [0.25, 0.3) is 11.3 Å². The quantitative estimate of drug-likeness (QED) is 0.331. The molecule has 0 fully saturated rings. The van der Waals surface area contributed by atoms with Crippen LogP contribution >= 0.6 is 11.6 Å². The van der Waals surface area contributed by atoms with E-state index in [-0.39, 0.29) is 17.3 Å². The molecule has 0 aliphatic carbocycles. The van der Waals surface area contributed by atoms with Gasteiger partial charge in [0.1, 0.15) is 28.2 Å². The van der Waals surface area contributed by atoms with Gasteiger partial charge in [-0.15, -0.1) is 0 Å². The Labute approximate surface area is 176 Å². The number of aryl methyl sites for hydroxylation is 1. The molecule has 0 radical (unpaired) electrons. The maximum Gasteiger partial charge on any atom is 0.288 e. The van der Waals surface area contributed by atoms with Crippen LogP contribution in [0.3, 0.4) is 0 Å². The van der Waals surface area contributed by atoms with Crippen LogP contribution < -0.4 is 5.43 Å². The van der Waals surface area contributed by atoms with E-state index >= 15 is 0 Å². The highest BCUT2D eigenvalue weighted by molar-refractivity contribution is 6.32. The Bertz CT molecular complexity index is 1170. The molecule has 30 heavy (non-hydrogen) atoms. The van der Waals surface area contributed by atoms with Crippen LogP contribution in [-0.4, -0.2) is 23.2 Å². The number of pyridine rings is 1. The summed E-state index contributed by atoms with van der Waals surface area (Å²) in [6.45, 7) is 2.08. The highest BCUT2D eigenvalue weighted by Gasteiger charge is 2.15. The van der Waals surface area contributed by atoms with E-state index in [1.165, 1.54) is 18.3 Å². The molecular formula is C20H16ClN5O4. The normalized spacial score (nSPS) is 10.9. The van der Waals surface area contributed by atoms with E-state index in [1.807, 2.05) is 0 Å². The fourth-order valence-corrected chi connectivity index (χ4v) is 2.94.